The van der Waals surface area contributed by atoms with Crippen LogP contribution in [0, 0.1) is 17.5 Å². The van der Waals surface area contributed by atoms with E-state index in [-0.39, 0.29) is 11.2 Å². The molecule has 0 aliphatic carbocycles. The van der Waals surface area contributed by atoms with Gasteiger partial charge in [0.1, 0.15) is 5.82 Å². The minimum absolute atomic E-state index is 0.253. The Hall–Kier alpha value is -1.81. The van der Waals surface area contributed by atoms with Crippen molar-refractivity contribution >= 4 is 0 Å². The Morgan fingerprint density at radius 1 is 0.900 bits per heavy atom. The summed E-state index contributed by atoms with van der Waals surface area (Å²) < 4.78 is 40.3. The van der Waals surface area contributed by atoms with Gasteiger partial charge in [-0.3, -0.25) is 0 Å². The van der Waals surface area contributed by atoms with Gasteiger partial charge in [0.25, 0.3) is 0 Å². The average Bonchev–Trinajstić information content (AvgIpc) is 2.39. The van der Waals surface area contributed by atoms with E-state index in [9.17, 15) is 13.2 Å². The third-order valence-electron chi connectivity index (χ3n) is 3.90. The van der Waals surface area contributed by atoms with E-state index in [0.717, 1.165) is 6.07 Å². The molecular weight excluding hydrogens is 263 g/mol. The molecule has 2 aromatic rings. The largest absolute Gasteiger partial charge is 0.315 e. The quantitative estimate of drug-likeness (QED) is 0.908. The van der Waals surface area contributed by atoms with Crippen molar-refractivity contribution in [3.05, 3.63) is 71.0 Å². The van der Waals surface area contributed by atoms with Gasteiger partial charge in [-0.1, -0.05) is 24.3 Å². The second kappa shape index (κ2) is 4.94. The third kappa shape index (κ3) is 2.20. The second-order valence-electron chi connectivity index (χ2n) is 5.29. The molecule has 0 unspecified atom stereocenters. The Morgan fingerprint density at radius 3 is 2.25 bits per heavy atom. The van der Waals surface area contributed by atoms with Gasteiger partial charge in [-0.2, -0.15) is 0 Å². The zero-order valence-electron chi connectivity index (χ0n) is 10.8. The summed E-state index contributed by atoms with van der Waals surface area (Å²) in [5.74, 6) is -1.98. The van der Waals surface area contributed by atoms with Gasteiger partial charge in [0.05, 0.1) is 0 Å². The molecule has 1 aliphatic heterocycles. The third-order valence-corrected chi connectivity index (χ3v) is 3.90. The van der Waals surface area contributed by atoms with Crippen molar-refractivity contribution in [2.45, 2.75) is 11.8 Å². The number of hydrogen-bond acceptors (Lipinski definition) is 1. The van der Waals surface area contributed by atoms with E-state index in [1.807, 2.05) is 0 Å². The van der Waals surface area contributed by atoms with E-state index >= 15 is 0 Å². The highest BCUT2D eigenvalue weighted by Crippen LogP contribution is 2.34. The highest BCUT2D eigenvalue weighted by atomic mass is 19.2. The van der Waals surface area contributed by atoms with Crippen LogP contribution >= 0.6 is 0 Å². The topological polar surface area (TPSA) is 12.0 Å². The van der Waals surface area contributed by atoms with Crippen LogP contribution in [0.1, 0.15) is 11.1 Å². The van der Waals surface area contributed by atoms with Gasteiger partial charge in [0, 0.05) is 18.5 Å². The molecule has 1 aliphatic rings. The van der Waals surface area contributed by atoms with Gasteiger partial charge in [-0.05, 0) is 35.7 Å². The molecule has 0 bridgehead atoms. The summed E-state index contributed by atoms with van der Waals surface area (Å²) in [6, 6.07) is 10.5. The summed E-state index contributed by atoms with van der Waals surface area (Å²) in [5.41, 5.74) is 0.924. The van der Waals surface area contributed by atoms with Crippen LogP contribution in [0.4, 0.5) is 13.2 Å². The van der Waals surface area contributed by atoms with Crippen LogP contribution in [-0.2, 0) is 11.8 Å². The Balaban J connectivity index is 1.94. The fourth-order valence-electron chi connectivity index (χ4n) is 2.77. The van der Waals surface area contributed by atoms with Gasteiger partial charge in [-0.25, -0.2) is 13.2 Å². The van der Waals surface area contributed by atoms with Crippen molar-refractivity contribution in [3.63, 3.8) is 0 Å². The maximum atomic E-state index is 14.0. The fraction of sp³-hybridized carbons (Fsp3) is 0.250. The molecule has 0 amide bonds. The van der Waals surface area contributed by atoms with Crippen LogP contribution in [0.5, 0.6) is 0 Å². The molecule has 3 rings (SSSR count). The van der Waals surface area contributed by atoms with Crippen molar-refractivity contribution in [3.8, 4) is 0 Å². The maximum absolute atomic E-state index is 14.0. The molecular formula is C16H14F3N. The molecule has 1 heterocycles. The molecule has 104 valence electrons. The summed E-state index contributed by atoms with van der Waals surface area (Å²) >= 11 is 0. The molecule has 0 saturated carbocycles. The minimum atomic E-state index is -0.863. The van der Waals surface area contributed by atoms with Crippen LogP contribution in [0.25, 0.3) is 0 Å². The first-order valence-corrected chi connectivity index (χ1v) is 6.50. The fourth-order valence-corrected chi connectivity index (χ4v) is 2.77. The number of nitrogens with one attached hydrogen (secondary N) is 1. The SMILES string of the molecule is Fc1ccc(CC2(c3ccccc3F)CNC2)cc1F. The van der Waals surface area contributed by atoms with Gasteiger partial charge < -0.3 is 5.32 Å². The van der Waals surface area contributed by atoms with Crippen molar-refractivity contribution < 1.29 is 13.2 Å². The lowest BCUT2D eigenvalue weighted by molar-refractivity contribution is 0.265. The van der Waals surface area contributed by atoms with Crippen molar-refractivity contribution in [2.24, 2.45) is 0 Å². The van der Waals surface area contributed by atoms with E-state index in [0.29, 0.717) is 30.6 Å². The molecule has 0 aromatic heterocycles. The summed E-state index contributed by atoms with van der Waals surface area (Å²) in [6.45, 7) is 1.26. The number of halogens is 3. The van der Waals surface area contributed by atoms with Crippen molar-refractivity contribution in [1.29, 1.82) is 0 Å². The lowest BCUT2D eigenvalue weighted by Crippen LogP contribution is -2.58. The van der Waals surface area contributed by atoms with Crippen LogP contribution in [-0.4, -0.2) is 13.1 Å². The Labute approximate surface area is 115 Å². The number of rotatable bonds is 3. The molecule has 0 radical (unpaired) electrons. The lowest BCUT2D eigenvalue weighted by atomic mass is 9.71. The van der Waals surface area contributed by atoms with E-state index in [1.54, 1.807) is 24.3 Å². The Bertz CT molecular complexity index is 635. The lowest BCUT2D eigenvalue weighted by Gasteiger charge is -2.43. The standard InChI is InChI=1S/C16H14F3N/c17-13-4-2-1-3-12(13)16(9-20-10-16)8-11-5-6-14(18)15(19)7-11/h1-7,20H,8-10H2. The Kier molecular flexibility index (Phi) is 3.26. The minimum Gasteiger partial charge on any atom is -0.315 e. The van der Waals surface area contributed by atoms with Crippen LogP contribution < -0.4 is 5.32 Å². The van der Waals surface area contributed by atoms with Crippen LogP contribution in [0.2, 0.25) is 0 Å². The summed E-state index contributed by atoms with van der Waals surface area (Å²) in [6.07, 6.45) is 0.484. The first-order chi connectivity index (χ1) is 9.61. The molecule has 0 spiro atoms. The van der Waals surface area contributed by atoms with Gasteiger partial charge >= 0.3 is 0 Å². The van der Waals surface area contributed by atoms with Crippen molar-refractivity contribution in [1.82, 2.24) is 5.32 Å². The molecule has 1 saturated heterocycles. The zero-order valence-corrected chi connectivity index (χ0v) is 10.8. The molecule has 2 aromatic carbocycles. The zero-order chi connectivity index (χ0) is 14.2. The number of benzene rings is 2. The molecule has 4 heteroatoms. The van der Waals surface area contributed by atoms with Crippen LogP contribution in [0.3, 0.4) is 0 Å². The van der Waals surface area contributed by atoms with E-state index in [1.165, 1.54) is 12.1 Å². The van der Waals surface area contributed by atoms with Gasteiger partial charge in [0.2, 0.25) is 0 Å². The summed E-state index contributed by atoms with van der Waals surface area (Å²) in [4.78, 5) is 0. The van der Waals surface area contributed by atoms with E-state index in [4.69, 9.17) is 0 Å². The Morgan fingerprint density at radius 2 is 1.65 bits per heavy atom. The normalized spacial score (nSPS) is 16.8. The second-order valence-corrected chi connectivity index (χ2v) is 5.29. The molecule has 1 fully saturated rings. The van der Waals surface area contributed by atoms with E-state index in [2.05, 4.69) is 5.32 Å². The van der Waals surface area contributed by atoms with Gasteiger partial charge in [0.15, 0.2) is 11.6 Å². The van der Waals surface area contributed by atoms with Crippen LogP contribution in [0.15, 0.2) is 42.5 Å². The maximum Gasteiger partial charge on any atom is 0.159 e. The highest BCUT2D eigenvalue weighted by molar-refractivity contribution is 5.34. The first kappa shape index (κ1) is 13.2. The molecule has 1 nitrogen and oxygen atoms in total. The highest BCUT2D eigenvalue weighted by Gasteiger charge is 2.40. The van der Waals surface area contributed by atoms with Crippen molar-refractivity contribution in [2.75, 3.05) is 13.1 Å². The predicted molar refractivity (Wildman–Crippen MR) is 71.0 cm³/mol. The molecule has 0 atom stereocenters. The predicted octanol–water partition coefficient (Wildman–Crippen LogP) is 3.19. The monoisotopic (exact) mass is 277 g/mol. The number of hydrogen-bond donors (Lipinski definition) is 1. The smallest absolute Gasteiger partial charge is 0.159 e. The summed E-state index contributed by atoms with van der Waals surface area (Å²) in [5, 5.41) is 3.14. The molecule has 1 N–H and O–H groups in total. The first-order valence-electron chi connectivity index (χ1n) is 6.50. The van der Waals surface area contributed by atoms with Gasteiger partial charge in [-0.15, -0.1) is 0 Å². The summed E-state index contributed by atoms with van der Waals surface area (Å²) in [7, 11) is 0. The molecule has 20 heavy (non-hydrogen) atoms. The van der Waals surface area contributed by atoms with E-state index < -0.39 is 11.6 Å². The average molecular weight is 277 g/mol.